The predicted octanol–water partition coefficient (Wildman–Crippen LogP) is 1.36. The fourth-order valence-corrected chi connectivity index (χ4v) is 3.32. The molecule has 2 heterocycles. The quantitative estimate of drug-likeness (QED) is 0.855. The van der Waals surface area contributed by atoms with Crippen molar-refractivity contribution in [3.05, 3.63) is 0 Å². The van der Waals surface area contributed by atoms with E-state index in [1.807, 2.05) is 11.8 Å². The van der Waals surface area contributed by atoms with E-state index in [2.05, 4.69) is 0 Å². The summed E-state index contributed by atoms with van der Waals surface area (Å²) in [5.74, 6) is 0.776. The Morgan fingerprint density at radius 1 is 1.19 bits per heavy atom. The number of nitrogens with two attached hydrogens (primary N) is 1. The first-order valence-electron chi connectivity index (χ1n) is 8.39. The number of likely N-dealkylation sites (tertiary alicyclic amines) is 2. The molecule has 21 heavy (non-hydrogen) atoms. The molecule has 0 aromatic rings. The van der Waals surface area contributed by atoms with Crippen molar-refractivity contribution in [3.8, 4) is 0 Å². The maximum absolute atomic E-state index is 12.4. The number of rotatable bonds is 3. The van der Waals surface area contributed by atoms with Gasteiger partial charge in [-0.2, -0.15) is 0 Å². The van der Waals surface area contributed by atoms with Gasteiger partial charge >= 0.3 is 0 Å². The normalized spacial score (nSPS) is 23.6. The van der Waals surface area contributed by atoms with Gasteiger partial charge in [-0.1, -0.05) is 12.8 Å². The molecule has 0 spiro atoms. The Morgan fingerprint density at radius 3 is 2.52 bits per heavy atom. The number of piperidine rings is 1. The van der Waals surface area contributed by atoms with Gasteiger partial charge in [0.05, 0.1) is 6.54 Å². The Kier molecular flexibility index (Phi) is 6.03. The smallest absolute Gasteiger partial charge is 0.242 e. The molecule has 5 heteroatoms. The molecular formula is C16H29N3O2. The molecule has 2 aliphatic rings. The third-order valence-corrected chi connectivity index (χ3v) is 4.88. The molecule has 0 radical (unpaired) electrons. The highest BCUT2D eigenvalue weighted by atomic mass is 16.2. The van der Waals surface area contributed by atoms with E-state index in [0.29, 0.717) is 12.3 Å². The molecule has 2 rings (SSSR count). The first kappa shape index (κ1) is 16.3. The van der Waals surface area contributed by atoms with Gasteiger partial charge in [0.15, 0.2) is 0 Å². The fourth-order valence-electron chi connectivity index (χ4n) is 3.32. The van der Waals surface area contributed by atoms with Gasteiger partial charge in [-0.15, -0.1) is 0 Å². The van der Waals surface area contributed by atoms with Gasteiger partial charge in [0.2, 0.25) is 11.8 Å². The molecule has 0 aliphatic carbocycles. The number of hydrogen-bond donors (Lipinski definition) is 1. The lowest BCUT2D eigenvalue weighted by atomic mass is 9.91. The van der Waals surface area contributed by atoms with Crippen LogP contribution >= 0.6 is 0 Å². The number of amides is 2. The molecule has 1 unspecified atom stereocenters. The molecule has 1 atom stereocenters. The number of nitrogens with zero attached hydrogens (tertiary/aromatic N) is 2. The minimum Gasteiger partial charge on any atom is -0.341 e. The fraction of sp³-hybridized carbons (Fsp3) is 0.875. The zero-order chi connectivity index (χ0) is 15.2. The summed E-state index contributed by atoms with van der Waals surface area (Å²) in [4.78, 5) is 28.1. The van der Waals surface area contributed by atoms with Crippen LogP contribution in [-0.4, -0.2) is 53.8 Å². The summed E-state index contributed by atoms with van der Waals surface area (Å²) in [6.07, 6.45) is 6.85. The number of carbonyl (C=O) groups is 2. The maximum Gasteiger partial charge on any atom is 0.242 e. The summed E-state index contributed by atoms with van der Waals surface area (Å²) in [6, 6.07) is 0.207. The summed E-state index contributed by atoms with van der Waals surface area (Å²) in [6.45, 7) is 4.61. The number of hydrogen-bond acceptors (Lipinski definition) is 3. The molecule has 0 aromatic carbocycles. The summed E-state index contributed by atoms with van der Waals surface area (Å²) in [5, 5.41) is 0. The van der Waals surface area contributed by atoms with Gasteiger partial charge in [0.1, 0.15) is 0 Å². The third kappa shape index (κ3) is 4.70. The van der Waals surface area contributed by atoms with E-state index >= 15 is 0 Å². The van der Waals surface area contributed by atoms with Crippen molar-refractivity contribution in [2.75, 3.05) is 26.2 Å². The topological polar surface area (TPSA) is 66.6 Å². The zero-order valence-corrected chi connectivity index (χ0v) is 13.2. The van der Waals surface area contributed by atoms with E-state index < -0.39 is 0 Å². The Bertz CT molecular complexity index is 363. The minimum atomic E-state index is 0.104. The van der Waals surface area contributed by atoms with E-state index in [1.165, 1.54) is 0 Å². The highest BCUT2D eigenvalue weighted by Crippen LogP contribution is 2.20. The molecule has 0 saturated carbocycles. The molecule has 2 saturated heterocycles. The molecule has 0 aromatic heterocycles. The largest absolute Gasteiger partial charge is 0.341 e. The van der Waals surface area contributed by atoms with Crippen LogP contribution in [0, 0.1) is 5.92 Å². The van der Waals surface area contributed by atoms with E-state index in [0.717, 1.165) is 58.2 Å². The van der Waals surface area contributed by atoms with Gasteiger partial charge in [0, 0.05) is 32.1 Å². The lowest BCUT2D eigenvalue weighted by Crippen LogP contribution is -2.47. The first-order valence-corrected chi connectivity index (χ1v) is 8.39. The van der Waals surface area contributed by atoms with Crippen molar-refractivity contribution >= 4 is 11.8 Å². The van der Waals surface area contributed by atoms with Gasteiger partial charge in [0.25, 0.3) is 0 Å². The van der Waals surface area contributed by atoms with Crippen molar-refractivity contribution in [1.29, 1.82) is 0 Å². The van der Waals surface area contributed by atoms with Crippen molar-refractivity contribution in [2.24, 2.45) is 11.7 Å². The van der Waals surface area contributed by atoms with Crippen LogP contribution in [0.4, 0.5) is 0 Å². The molecule has 2 fully saturated rings. The van der Waals surface area contributed by atoms with Crippen LogP contribution in [0.5, 0.6) is 0 Å². The average molecular weight is 295 g/mol. The second kappa shape index (κ2) is 7.78. The molecule has 120 valence electrons. The lowest BCUT2D eigenvalue weighted by Gasteiger charge is -2.35. The van der Waals surface area contributed by atoms with Gasteiger partial charge in [-0.05, 0) is 38.5 Å². The second-order valence-electron chi connectivity index (χ2n) is 6.56. The van der Waals surface area contributed by atoms with Crippen LogP contribution in [0.3, 0.4) is 0 Å². The van der Waals surface area contributed by atoms with Crippen molar-refractivity contribution < 1.29 is 9.59 Å². The maximum atomic E-state index is 12.4. The summed E-state index contributed by atoms with van der Waals surface area (Å²) in [7, 11) is 0. The molecule has 2 amide bonds. The van der Waals surface area contributed by atoms with Crippen LogP contribution in [-0.2, 0) is 9.59 Å². The van der Waals surface area contributed by atoms with Crippen LogP contribution in [0.2, 0.25) is 0 Å². The van der Waals surface area contributed by atoms with Crippen LogP contribution < -0.4 is 5.73 Å². The second-order valence-corrected chi connectivity index (χ2v) is 6.56. The Labute approximate surface area is 127 Å². The van der Waals surface area contributed by atoms with E-state index in [1.54, 1.807) is 4.90 Å². The minimum absolute atomic E-state index is 0.104. The van der Waals surface area contributed by atoms with Gasteiger partial charge < -0.3 is 15.5 Å². The van der Waals surface area contributed by atoms with E-state index in [9.17, 15) is 9.59 Å². The molecule has 2 aliphatic heterocycles. The first-order chi connectivity index (χ1) is 10.1. The van der Waals surface area contributed by atoms with E-state index in [4.69, 9.17) is 5.73 Å². The van der Waals surface area contributed by atoms with Crippen molar-refractivity contribution in [2.45, 2.75) is 57.9 Å². The van der Waals surface area contributed by atoms with Crippen LogP contribution in [0.25, 0.3) is 0 Å². The molecule has 5 nitrogen and oxygen atoms in total. The monoisotopic (exact) mass is 295 g/mol. The van der Waals surface area contributed by atoms with Gasteiger partial charge in [-0.25, -0.2) is 0 Å². The standard InChI is InChI=1S/C16H29N3O2/c1-13(17)14-7-10-18(11-8-14)16(21)12-19-9-5-3-2-4-6-15(19)20/h13-14H,2-12,17H2,1H3. The van der Waals surface area contributed by atoms with Crippen molar-refractivity contribution in [3.63, 3.8) is 0 Å². The zero-order valence-electron chi connectivity index (χ0n) is 13.2. The average Bonchev–Trinajstić information content (AvgIpc) is 2.47. The summed E-state index contributed by atoms with van der Waals surface area (Å²) < 4.78 is 0. The summed E-state index contributed by atoms with van der Waals surface area (Å²) in [5.41, 5.74) is 5.93. The van der Waals surface area contributed by atoms with Gasteiger partial charge in [-0.3, -0.25) is 9.59 Å². The Balaban J connectivity index is 1.81. The van der Waals surface area contributed by atoms with Crippen LogP contribution in [0.15, 0.2) is 0 Å². The summed E-state index contributed by atoms with van der Waals surface area (Å²) >= 11 is 0. The predicted molar refractivity (Wildman–Crippen MR) is 82.6 cm³/mol. The lowest BCUT2D eigenvalue weighted by molar-refractivity contribution is -0.141. The molecular weight excluding hydrogens is 266 g/mol. The van der Waals surface area contributed by atoms with Crippen LogP contribution in [0.1, 0.15) is 51.9 Å². The highest BCUT2D eigenvalue weighted by molar-refractivity contribution is 5.85. The molecule has 2 N–H and O–H groups in total. The SMILES string of the molecule is CC(N)C1CCN(C(=O)CN2CCCCCCC2=O)CC1. The van der Waals surface area contributed by atoms with Crippen molar-refractivity contribution in [1.82, 2.24) is 9.80 Å². The third-order valence-electron chi connectivity index (χ3n) is 4.88. The highest BCUT2D eigenvalue weighted by Gasteiger charge is 2.27. The number of carbonyl (C=O) groups excluding carboxylic acids is 2. The molecule has 0 bridgehead atoms. The van der Waals surface area contributed by atoms with E-state index in [-0.39, 0.29) is 24.4 Å². The Morgan fingerprint density at radius 2 is 1.86 bits per heavy atom. The Hall–Kier alpha value is -1.10.